The van der Waals surface area contributed by atoms with E-state index in [-0.39, 0.29) is 17.3 Å². The molecular weight excluding hydrogens is 244 g/mol. The van der Waals surface area contributed by atoms with Gasteiger partial charge in [0.25, 0.3) is 0 Å². The first-order chi connectivity index (χ1) is 9.09. The molecule has 0 amide bonds. The predicted molar refractivity (Wildman–Crippen MR) is 70.0 cm³/mol. The number of nitrogens with two attached hydrogens (primary N) is 2. The highest BCUT2D eigenvalue weighted by Gasteiger charge is 2.32. The summed E-state index contributed by atoms with van der Waals surface area (Å²) in [5, 5.41) is 12.2. The van der Waals surface area contributed by atoms with Crippen LogP contribution in [0.15, 0.2) is 10.9 Å². The lowest BCUT2D eigenvalue weighted by Crippen LogP contribution is -2.13. The fourth-order valence-electron chi connectivity index (χ4n) is 2.10. The summed E-state index contributed by atoms with van der Waals surface area (Å²) in [7, 11) is 0. The molecule has 0 spiro atoms. The third-order valence-electron chi connectivity index (χ3n) is 3.30. The molecule has 0 unspecified atom stereocenters. The van der Waals surface area contributed by atoms with Gasteiger partial charge in [0.1, 0.15) is 29.4 Å². The molecule has 98 valence electrons. The summed E-state index contributed by atoms with van der Waals surface area (Å²) < 4.78 is 5.33. The average Bonchev–Trinajstić information content (AvgIpc) is 3.12. The molecule has 0 saturated heterocycles. The smallest absolute Gasteiger partial charge is 0.143 e. The molecule has 0 atom stereocenters. The zero-order chi connectivity index (χ0) is 13.6. The Morgan fingerprint density at radius 3 is 2.53 bits per heavy atom. The van der Waals surface area contributed by atoms with E-state index in [2.05, 4.69) is 15.1 Å². The minimum absolute atomic E-state index is 0.101. The molecule has 19 heavy (non-hydrogen) atoms. The maximum Gasteiger partial charge on any atom is 0.143 e. The third kappa shape index (κ3) is 1.83. The van der Waals surface area contributed by atoms with Crippen LogP contribution in [0.3, 0.4) is 0 Å². The van der Waals surface area contributed by atoms with Crippen molar-refractivity contribution in [3.8, 4) is 0 Å². The van der Waals surface area contributed by atoms with E-state index in [1.54, 1.807) is 0 Å². The van der Waals surface area contributed by atoms with E-state index in [9.17, 15) is 0 Å². The summed E-state index contributed by atoms with van der Waals surface area (Å²) in [6.45, 7) is 1.89. The predicted octanol–water partition coefficient (Wildman–Crippen LogP) is 1.23. The van der Waals surface area contributed by atoms with Gasteiger partial charge in [-0.15, -0.1) is 0 Å². The van der Waals surface area contributed by atoms with Crippen LogP contribution in [0.4, 0.5) is 11.6 Å². The van der Waals surface area contributed by atoms with Crippen LogP contribution in [0.1, 0.15) is 41.3 Å². The topological polar surface area (TPSA) is 128 Å². The van der Waals surface area contributed by atoms with Crippen molar-refractivity contribution in [3.05, 3.63) is 28.9 Å². The van der Waals surface area contributed by atoms with Crippen LogP contribution < -0.4 is 11.5 Å². The lowest BCUT2D eigenvalue weighted by molar-refractivity contribution is 0.382. The van der Waals surface area contributed by atoms with E-state index in [1.807, 2.05) is 6.92 Å². The van der Waals surface area contributed by atoms with Gasteiger partial charge in [0.2, 0.25) is 0 Å². The van der Waals surface area contributed by atoms with Gasteiger partial charge in [-0.1, -0.05) is 5.16 Å². The van der Waals surface area contributed by atoms with Gasteiger partial charge in [-0.25, -0.2) is 9.97 Å². The fourth-order valence-corrected chi connectivity index (χ4v) is 2.10. The molecular formula is C12H14N6O. The van der Waals surface area contributed by atoms with E-state index in [4.69, 9.17) is 21.4 Å². The van der Waals surface area contributed by atoms with Crippen molar-refractivity contribution in [1.82, 2.24) is 15.1 Å². The maximum atomic E-state index is 8.21. The van der Waals surface area contributed by atoms with Crippen LogP contribution in [0, 0.1) is 12.3 Å². The summed E-state index contributed by atoms with van der Waals surface area (Å²) in [5.74, 6) is 1.64. The highest BCUT2D eigenvalue weighted by molar-refractivity contribution is 6.15. The second-order valence-corrected chi connectivity index (χ2v) is 4.69. The number of nitrogen functional groups attached to an aromatic ring is 2. The van der Waals surface area contributed by atoms with Crippen molar-refractivity contribution >= 4 is 17.3 Å². The number of aromatic nitrogens is 3. The molecule has 2 aromatic heterocycles. The van der Waals surface area contributed by atoms with E-state index in [0.717, 1.165) is 24.2 Å². The molecule has 1 aliphatic rings. The molecule has 2 aromatic rings. The van der Waals surface area contributed by atoms with Crippen LogP contribution in [-0.4, -0.2) is 20.8 Å². The van der Waals surface area contributed by atoms with E-state index in [0.29, 0.717) is 17.2 Å². The third-order valence-corrected chi connectivity index (χ3v) is 3.30. The molecule has 7 heteroatoms. The molecule has 5 N–H and O–H groups in total. The Labute approximate surface area is 109 Å². The molecule has 0 radical (unpaired) electrons. The average molecular weight is 258 g/mol. The summed E-state index contributed by atoms with van der Waals surface area (Å²) in [6.07, 6.45) is 3.50. The van der Waals surface area contributed by atoms with Gasteiger partial charge in [-0.05, 0) is 19.8 Å². The first kappa shape index (κ1) is 11.6. The van der Waals surface area contributed by atoms with Crippen LogP contribution >= 0.6 is 0 Å². The molecule has 2 heterocycles. The molecule has 1 saturated carbocycles. The standard InChI is InChI=1S/C12H14N6O/c1-5-9(18-19-10(5)6-2-3-6)8(13)7-11(14)16-4-17-12(7)15/h4,6,13H,2-3H2,1H3,(H4,14,15,16,17). The van der Waals surface area contributed by atoms with Gasteiger partial charge >= 0.3 is 0 Å². The van der Waals surface area contributed by atoms with Gasteiger partial charge in [0.05, 0.1) is 11.3 Å². The van der Waals surface area contributed by atoms with E-state index >= 15 is 0 Å². The Morgan fingerprint density at radius 1 is 1.32 bits per heavy atom. The Bertz CT molecular complexity index is 638. The Kier molecular flexibility index (Phi) is 2.48. The molecule has 0 aliphatic heterocycles. The van der Waals surface area contributed by atoms with Crippen molar-refractivity contribution in [2.75, 3.05) is 11.5 Å². The van der Waals surface area contributed by atoms with Crippen LogP contribution in [0.25, 0.3) is 0 Å². The first-order valence-electron chi connectivity index (χ1n) is 6.01. The second kappa shape index (κ2) is 4.04. The number of rotatable bonds is 3. The zero-order valence-electron chi connectivity index (χ0n) is 10.5. The highest BCUT2D eigenvalue weighted by Crippen LogP contribution is 2.42. The Hall–Kier alpha value is -2.44. The number of hydrogen-bond acceptors (Lipinski definition) is 7. The van der Waals surface area contributed by atoms with Gasteiger partial charge in [0, 0.05) is 11.5 Å². The van der Waals surface area contributed by atoms with Crippen molar-refractivity contribution in [2.24, 2.45) is 0 Å². The second-order valence-electron chi connectivity index (χ2n) is 4.69. The number of nitrogens with zero attached hydrogens (tertiary/aromatic N) is 3. The normalized spacial score (nSPS) is 14.6. The molecule has 1 fully saturated rings. The van der Waals surface area contributed by atoms with E-state index in [1.165, 1.54) is 6.33 Å². The monoisotopic (exact) mass is 258 g/mol. The van der Waals surface area contributed by atoms with Gasteiger partial charge in [-0.3, -0.25) is 5.41 Å². The zero-order valence-corrected chi connectivity index (χ0v) is 10.5. The summed E-state index contributed by atoms with van der Waals surface area (Å²) in [4.78, 5) is 7.72. The van der Waals surface area contributed by atoms with Crippen molar-refractivity contribution in [1.29, 1.82) is 5.41 Å². The largest absolute Gasteiger partial charge is 0.383 e. The molecule has 3 rings (SSSR count). The number of nitrogens with one attached hydrogen (secondary N) is 1. The van der Waals surface area contributed by atoms with Gasteiger partial charge in [0.15, 0.2) is 0 Å². The molecule has 1 aliphatic carbocycles. The Morgan fingerprint density at radius 2 is 1.95 bits per heavy atom. The molecule has 0 aromatic carbocycles. The van der Waals surface area contributed by atoms with Crippen LogP contribution in [-0.2, 0) is 0 Å². The molecule has 0 bridgehead atoms. The number of anilines is 2. The summed E-state index contributed by atoms with van der Waals surface area (Å²) >= 11 is 0. The quantitative estimate of drug-likeness (QED) is 0.710. The van der Waals surface area contributed by atoms with Crippen molar-refractivity contribution in [3.63, 3.8) is 0 Å². The van der Waals surface area contributed by atoms with E-state index < -0.39 is 0 Å². The summed E-state index contributed by atoms with van der Waals surface area (Å²) in [5.41, 5.74) is 13.2. The fraction of sp³-hybridized carbons (Fsp3) is 0.333. The lowest BCUT2D eigenvalue weighted by atomic mass is 10.0. The highest BCUT2D eigenvalue weighted by atomic mass is 16.5. The maximum absolute atomic E-state index is 8.21. The molecule has 7 nitrogen and oxygen atoms in total. The van der Waals surface area contributed by atoms with Crippen LogP contribution in [0.2, 0.25) is 0 Å². The Balaban J connectivity index is 2.04. The minimum atomic E-state index is 0.101. The van der Waals surface area contributed by atoms with Gasteiger partial charge in [-0.2, -0.15) is 0 Å². The van der Waals surface area contributed by atoms with Crippen LogP contribution in [0.5, 0.6) is 0 Å². The minimum Gasteiger partial charge on any atom is -0.383 e. The van der Waals surface area contributed by atoms with Crippen molar-refractivity contribution < 1.29 is 4.52 Å². The van der Waals surface area contributed by atoms with Gasteiger partial charge < -0.3 is 16.0 Å². The summed E-state index contributed by atoms with van der Waals surface area (Å²) in [6, 6.07) is 0. The SMILES string of the molecule is Cc1c(C(=N)c2c(N)ncnc2N)noc1C1CC1. The van der Waals surface area contributed by atoms with Crippen molar-refractivity contribution in [2.45, 2.75) is 25.7 Å². The first-order valence-corrected chi connectivity index (χ1v) is 6.01. The number of hydrogen-bond donors (Lipinski definition) is 3. The lowest BCUT2D eigenvalue weighted by Gasteiger charge is -2.06.